The highest BCUT2D eigenvalue weighted by molar-refractivity contribution is 4.67. The molecule has 34 heavy (non-hydrogen) atoms. The standard InChI is InChI=1S/C24H49NO9/c1-23(2)33-21-19-31-17-15-29-13-11-27-9-7-26-8-10-28-12-14-30-16-18-32-20-22-34-24-3-5-25-6-4-24/h23-25H,3-22H2,1-2H3. The van der Waals surface area contributed by atoms with Crippen molar-refractivity contribution in [1.29, 1.82) is 0 Å². The fraction of sp³-hybridized carbons (Fsp3) is 1.00. The number of ether oxygens (including phenoxy) is 9. The molecule has 0 spiro atoms. The zero-order valence-corrected chi connectivity index (χ0v) is 21.5. The molecule has 0 bridgehead atoms. The second kappa shape index (κ2) is 25.7. The summed E-state index contributed by atoms with van der Waals surface area (Å²) in [6.07, 6.45) is 2.80. The van der Waals surface area contributed by atoms with Gasteiger partial charge in [-0.3, -0.25) is 0 Å². The molecule has 1 fully saturated rings. The molecule has 1 aliphatic heterocycles. The third kappa shape index (κ3) is 23.3. The van der Waals surface area contributed by atoms with E-state index in [1.807, 2.05) is 13.8 Å². The molecule has 204 valence electrons. The third-order valence-electron chi connectivity index (χ3n) is 4.78. The Morgan fingerprint density at radius 3 is 1.18 bits per heavy atom. The molecule has 0 atom stereocenters. The summed E-state index contributed by atoms with van der Waals surface area (Å²) < 4.78 is 49.4. The summed E-state index contributed by atoms with van der Waals surface area (Å²) >= 11 is 0. The Kier molecular flexibility index (Phi) is 23.9. The van der Waals surface area contributed by atoms with Crippen LogP contribution in [-0.2, 0) is 42.6 Å². The summed E-state index contributed by atoms with van der Waals surface area (Å²) in [5, 5.41) is 3.33. The fourth-order valence-electron chi connectivity index (χ4n) is 3.00. The first kappa shape index (κ1) is 31.6. The minimum absolute atomic E-state index is 0.240. The van der Waals surface area contributed by atoms with Crippen LogP contribution in [0.5, 0.6) is 0 Å². The van der Waals surface area contributed by atoms with Gasteiger partial charge in [0.15, 0.2) is 0 Å². The Morgan fingerprint density at radius 2 is 0.824 bits per heavy atom. The lowest BCUT2D eigenvalue weighted by Gasteiger charge is -2.22. The van der Waals surface area contributed by atoms with Gasteiger partial charge in [0.1, 0.15) is 0 Å². The Labute approximate surface area is 206 Å². The molecule has 1 saturated heterocycles. The van der Waals surface area contributed by atoms with Crippen molar-refractivity contribution in [3.63, 3.8) is 0 Å². The molecule has 0 unspecified atom stereocenters. The Hall–Kier alpha value is -0.400. The minimum atomic E-state index is 0.240. The molecule has 0 aromatic heterocycles. The van der Waals surface area contributed by atoms with Crippen molar-refractivity contribution < 1.29 is 42.6 Å². The summed E-state index contributed by atoms with van der Waals surface area (Å²) in [5.41, 5.74) is 0. The van der Waals surface area contributed by atoms with Gasteiger partial charge < -0.3 is 47.9 Å². The maximum Gasteiger partial charge on any atom is 0.0704 e. The topological polar surface area (TPSA) is 95.1 Å². The molecule has 0 aromatic rings. The molecule has 1 heterocycles. The molecule has 1 rings (SSSR count). The van der Waals surface area contributed by atoms with Crippen molar-refractivity contribution in [3.05, 3.63) is 0 Å². The van der Waals surface area contributed by atoms with Crippen LogP contribution in [0.2, 0.25) is 0 Å². The number of hydrogen-bond donors (Lipinski definition) is 1. The summed E-state index contributed by atoms with van der Waals surface area (Å²) in [5.74, 6) is 0. The van der Waals surface area contributed by atoms with Crippen molar-refractivity contribution >= 4 is 0 Å². The average molecular weight is 496 g/mol. The van der Waals surface area contributed by atoms with Crippen molar-refractivity contribution in [2.24, 2.45) is 0 Å². The third-order valence-corrected chi connectivity index (χ3v) is 4.78. The molecule has 1 N–H and O–H groups in total. The summed E-state index contributed by atoms with van der Waals surface area (Å²) in [7, 11) is 0. The second-order valence-corrected chi connectivity index (χ2v) is 8.03. The SMILES string of the molecule is CC(C)OCCOCCOCCOCCOCCOCCOCCOCCOC1CCNCC1. The van der Waals surface area contributed by atoms with E-state index in [4.69, 9.17) is 42.6 Å². The first-order chi connectivity index (χ1) is 16.8. The Morgan fingerprint density at radius 1 is 0.500 bits per heavy atom. The van der Waals surface area contributed by atoms with Gasteiger partial charge in [0.25, 0.3) is 0 Å². The molecule has 0 aliphatic carbocycles. The van der Waals surface area contributed by atoms with Gasteiger partial charge in [-0.2, -0.15) is 0 Å². The van der Waals surface area contributed by atoms with Crippen LogP contribution in [-0.4, -0.2) is 131 Å². The van der Waals surface area contributed by atoms with E-state index in [1.165, 1.54) is 0 Å². The van der Waals surface area contributed by atoms with Gasteiger partial charge in [0.2, 0.25) is 0 Å². The van der Waals surface area contributed by atoms with Crippen molar-refractivity contribution in [1.82, 2.24) is 5.32 Å². The summed E-state index contributed by atoms with van der Waals surface area (Å²) in [6, 6.07) is 0. The molecule has 10 nitrogen and oxygen atoms in total. The van der Waals surface area contributed by atoms with E-state index in [-0.39, 0.29) is 6.10 Å². The quantitative estimate of drug-likeness (QED) is 0.177. The number of piperidine rings is 1. The van der Waals surface area contributed by atoms with Gasteiger partial charge in [0, 0.05) is 0 Å². The van der Waals surface area contributed by atoms with E-state index >= 15 is 0 Å². The molecule has 0 amide bonds. The van der Waals surface area contributed by atoms with E-state index < -0.39 is 0 Å². The van der Waals surface area contributed by atoms with Crippen LogP contribution in [0.15, 0.2) is 0 Å². The van der Waals surface area contributed by atoms with E-state index in [2.05, 4.69) is 5.32 Å². The maximum atomic E-state index is 5.78. The fourth-order valence-corrected chi connectivity index (χ4v) is 3.00. The van der Waals surface area contributed by atoms with E-state index in [0.717, 1.165) is 25.9 Å². The van der Waals surface area contributed by atoms with Crippen LogP contribution in [0.3, 0.4) is 0 Å². The van der Waals surface area contributed by atoms with Gasteiger partial charge in [0.05, 0.1) is 118 Å². The van der Waals surface area contributed by atoms with E-state index in [1.54, 1.807) is 0 Å². The highest BCUT2D eigenvalue weighted by Crippen LogP contribution is 2.06. The zero-order valence-electron chi connectivity index (χ0n) is 21.5. The zero-order chi connectivity index (χ0) is 24.4. The van der Waals surface area contributed by atoms with Crippen molar-refractivity contribution in [3.8, 4) is 0 Å². The Bertz CT molecular complexity index is 399. The lowest BCUT2D eigenvalue weighted by molar-refractivity contribution is -0.0323. The average Bonchev–Trinajstić information content (AvgIpc) is 2.84. The van der Waals surface area contributed by atoms with Gasteiger partial charge in [-0.15, -0.1) is 0 Å². The maximum absolute atomic E-state index is 5.78. The van der Waals surface area contributed by atoms with Crippen molar-refractivity contribution in [2.75, 3.05) is 119 Å². The monoisotopic (exact) mass is 495 g/mol. The smallest absolute Gasteiger partial charge is 0.0704 e. The van der Waals surface area contributed by atoms with E-state index in [9.17, 15) is 0 Å². The summed E-state index contributed by atoms with van der Waals surface area (Å²) in [6.45, 7) is 15.2. The normalized spacial score (nSPS) is 14.9. The van der Waals surface area contributed by atoms with Gasteiger partial charge >= 0.3 is 0 Å². The van der Waals surface area contributed by atoms with Crippen molar-refractivity contribution in [2.45, 2.75) is 38.9 Å². The highest BCUT2D eigenvalue weighted by Gasteiger charge is 2.12. The van der Waals surface area contributed by atoms with E-state index in [0.29, 0.717) is 112 Å². The van der Waals surface area contributed by atoms with Crippen LogP contribution in [0.1, 0.15) is 26.7 Å². The first-order valence-corrected chi connectivity index (χ1v) is 12.8. The molecule has 0 radical (unpaired) electrons. The van der Waals surface area contributed by atoms with Crippen LogP contribution in [0, 0.1) is 0 Å². The molecular formula is C24H49NO9. The van der Waals surface area contributed by atoms with Crippen LogP contribution in [0.25, 0.3) is 0 Å². The van der Waals surface area contributed by atoms with Gasteiger partial charge in [-0.25, -0.2) is 0 Å². The molecule has 1 aliphatic rings. The molecular weight excluding hydrogens is 446 g/mol. The predicted molar refractivity (Wildman–Crippen MR) is 129 cm³/mol. The summed E-state index contributed by atoms with van der Waals surface area (Å²) in [4.78, 5) is 0. The number of rotatable bonds is 26. The van der Waals surface area contributed by atoms with Crippen LogP contribution in [0.4, 0.5) is 0 Å². The molecule has 0 aromatic carbocycles. The Balaban J connectivity index is 1.62. The number of hydrogen-bond acceptors (Lipinski definition) is 10. The predicted octanol–water partition coefficient (Wildman–Crippen LogP) is 1.30. The lowest BCUT2D eigenvalue weighted by Crippen LogP contribution is -2.33. The molecule has 10 heteroatoms. The second-order valence-electron chi connectivity index (χ2n) is 8.03. The molecule has 0 saturated carbocycles. The highest BCUT2D eigenvalue weighted by atomic mass is 16.6. The minimum Gasteiger partial charge on any atom is -0.377 e. The van der Waals surface area contributed by atoms with Gasteiger partial charge in [-0.1, -0.05) is 0 Å². The van der Waals surface area contributed by atoms with Crippen LogP contribution >= 0.6 is 0 Å². The van der Waals surface area contributed by atoms with Crippen LogP contribution < -0.4 is 5.32 Å². The first-order valence-electron chi connectivity index (χ1n) is 12.8. The number of nitrogens with one attached hydrogen (secondary N) is 1. The lowest BCUT2D eigenvalue weighted by atomic mass is 10.1. The van der Waals surface area contributed by atoms with Gasteiger partial charge in [-0.05, 0) is 39.8 Å². The largest absolute Gasteiger partial charge is 0.377 e.